The third-order valence-electron chi connectivity index (χ3n) is 4.34. The first-order valence-corrected chi connectivity index (χ1v) is 10.1. The summed E-state index contributed by atoms with van der Waals surface area (Å²) in [5.74, 6) is 2.93. The van der Waals surface area contributed by atoms with E-state index in [-0.39, 0.29) is 0 Å². The van der Waals surface area contributed by atoms with Gasteiger partial charge in [-0.3, -0.25) is 0 Å². The highest BCUT2D eigenvalue weighted by atomic mass is 79.9. The number of ether oxygens (including phenoxy) is 4. The molecule has 1 heterocycles. The van der Waals surface area contributed by atoms with E-state index in [4.69, 9.17) is 18.9 Å². The lowest BCUT2D eigenvalue weighted by Crippen LogP contribution is -2.26. The van der Waals surface area contributed by atoms with Crippen LogP contribution in [0.25, 0.3) is 0 Å². The molecule has 0 atom stereocenters. The van der Waals surface area contributed by atoms with E-state index < -0.39 is 0 Å². The Morgan fingerprint density at radius 3 is 2.61 bits per heavy atom. The normalized spacial score (nSPS) is 12.9. The molecule has 0 unspecified atom stereocenters. The van der Waals surface area contributed by atoms with Crippen LogP contribution in [-0.4, -0.2) is 52.4 Å². The van der Waals surface area contributed by atoms with Gasteiger partial charge in [0.1, 0.15) is 19.8 Å². The molecule has 0 bridgehead atoms. The minimum absolute atomic E-state index is 0.409. The summed E-state index contributed by atoms with van der Waals surface area (Å²) >= 11 is 3.62. The number of hydrogen-bond acceptors (Lipinski definition) is 6. The summed E-state index contributed by atoms with van der Waals surface area (Å²) in [4.78, 5) is 2.15. The second kappa shape index (κ2) is 10.0. The van der Waals surface area contributed by atoms with Crippen molar-refractivity contribution in [3.05, 3.63) is 45.9 Å². The zero-order chi connectivity index (χ0) is 19.9. The number of rotatable bonds is 9. The zero-order valence-electron chi connectivity index (χ0n) is 16.6. The Hall–Kier alpha value is -1.96. The standard InChI is InChI=1S/C21H27BrN2O4/c1-24(2)7-6-23-13-16-10-17(22)21(20(12-16)25-3)28-14-15-4-5-18-19(11-15)27-9-8-26-18/h4-5,10-12,23H,6-9,13-14H2,1-3H3. The summed E-state index contributed by atoms with van der Waals surface area (Å²) < 4.78 is 23.7. The summed E-state index contributed by atoms with van der Waals surface area (Å²) in [5.41, 5.74) is 2.14. The van der Waals surface area contributed by atoms with E-state index in [2.05, 4.69) is 46.3 Å². The highest BCUT2D eigenvalue weighted by Crippen LogP contribution is 2.38. The fourth-order valence-electron chi connectivity index (χ4n) is 2.88. The average molecular weight is 451 g/mol. The minimum atomic E-state index is 0.409. The summed E-state index contributed by atoms with van der Waals surface area (Å²) in [7, 11) is 5.78. The molecule has 0 saturated heterocycles. The van der Waals surface area contributed by atoms with Crippen LogP contribution in [0.3, 0.4) is 0 Å². The Balaban J connectivity index is 1.64. The second-order valence-corrected chi connectivity index (χ2v) is 7.71. The summed E-state index contributed by atoms with van der Waals surface area (Å²) in [6.45, 7) is 4.26. The van der Waals surface area contributed by atoms with Gasteiger partial charge in [-0.2, -0.15) is 0 Å². The maximum Gasteiger partial charge on any atom is 0.175 e. The first-order chi connectivity index (χ1) is 13.6. The quantitative estimate of drug-likeness (QED) is 0.590. The van der Waals surface area contributed by atoms with Crippen LogP contribution >= 0.6 is 15.9 Å². The van der Waals surface area contributed by atoms with Crippen molar-refractivity contribution in [1.82, 2.24) is 10.2 Å². The van der Waals surface area contributed by atoms with Crippen LogP contribution in [0.1, 0.15) is 11.1 Å². The van der Waals surface area contributed by atoms with Gasteiger partial charge in [0.25, 0.3) is 0 Å². The Bertz CT molecular complexity index is 798. The Morgan fingerprint density at radius 1 is 1.07 bits per heavy atom. The van der Waals surface area contributed by atoms with E-state index in [1.807, 2.05) is 24.3 Å². The summed E-state index contributed by atoms with van der Waals surface area (Å²) in [6, 6.07) is 9.92. The van der Waals surface area contributed by atoms with Gasteiger partial charge in [-0.1, -0.05) is 6.07 Å². The monoisotopic (exact) mass is 450 g/mol. The molecule has 0 aliphatic carbocycles. The van der Waals surface area contributed by atoms with Gasteiger partial charge in [0.15, 0.2) is 23.0 Å². The van der Waals surface area contributed by atoms with Crippen molar-refractivity contribution >= 4 is 15.9 Å². The van der Waals surface area contributed by atoms with Crippen molar-refractivity contribution in [2.45, 2.75) is 13.2 Å². The molecule has 0 fully saturated rings. The smallest absolute Gasteiger partial charge is 0.175 e. The molecule has 2 aromatic rings. The van der Waals surface area contributed by atoms with E-state index in [0.29, 0.717) is 31.3 Å². The maximum absolute atomic E-state index is 6.05. The van der Waals surface area contributed by atoms with Gasteiger partial charge in [0.05, 0.1) is 11.6 Å². The van der Waals surface area contributed by atoms with E-state index in [1.165, 1.54) is 0 Å². The number of nitrogens with one attached hydrogen (secondary N) is 1. The number of benzene rings is 2. The number of hydrogen-bond donors (Lipinski definition) is 1. The van der Waals surface area contributed by atoms with E-state index >= 15 is 0 Å². The molecular formula is C21H27BrN2O4. The molecular weight excluding hydrogens is 424 g/mol. The van der Waals surface area contributed by atoms with Crippen molar-refractivity contribution in [3.63, 3.8) is 0 Å². The van der Waals surface area contributed by atoms with Crippen LogP contribution in [0.4, 0.5) is 0 Å². The van der Waals surface area contributed by atoms with Crippen molar-refractivity contribution in [2.24, 2.45) is 0 Å². The predicted octanol–water partition coefficient (Wildman–Crippen LogP) is 3.46. The Labute approximate surface area is 174 Å². The highest BCUT2D eigenvalue weighted by molar-refractivity contribution is 9.10. The molecule has 1 N–H and O–H groups in total. The second-order valence-electron chi connectivity index (χ2n) is 6.86. The minimum Gasteiger partial charge on any atom is -0.493 e. The lowest BCUT2D eigenvalue weighted by atomic mass is 10.2. The SMILES string of the molecule is COc1cc(CNCCN(C)C)cc(Br)c1OCc1ccc2c(c1)OCCO2. The molecule has 7 heteroatoms. The third-order valence-corrected chi connectivity index (χ3v) is 4.93. The van der Waals surface area contributed by atoms with Crippen molar-refractivity contribution in [1.29, 1.82) is 0 Å². The van der Waals surface area contributed by atoms with Gasteiger partial charge < -0.3 is 29.2 Å². The number of methoxy groups -OCH3 is 1. The van der Waals surface area contributed by atoms with Crippen LogP contribution in [-0.2, 0) is 13.2 Å². The van der Waals surface area contributed by atoms with Gasteiger partial charge in [-0.05, 0) is 65.4 Å². The molecule has 28 heavy (non-hydrogen) atoms. The number of fused-ring (bicyclic) bond motifs is 1. The van der Waals surface area contributed by atoms with Gasteiger partial charge in [-0.15, -0.1) is 0 Å². The lowest BCUT2D eigenvalue weighted by Gasteiger charge is -2.19. The molecule has 0 radical (unpaired) electrons. The summed E-state index contributed by atoms with van der Waals surface area (Å²) in [6.07, 6.45) is 0. The van der Waals surface area contributed by atoms with Crippen molar-refractivity contribution < 1.29 is 18.9 Å². The number of halogens is 1. The Morgan fingerprint density at radius 2 is 1.86 bits per heavy atom. The third kappa shape index (κ3) is 5.53. The summed E-state index contributed by atoms with van der Waals surface area (Å²) in [5, 5.41) is 3.43. The van der Waals surface area contributed by atoms with Gasteiger partial charge in [0, 0.05) is 19.6 Å². The van der Waals surface area contributed by atoms with Crippen molar-refractivity contribution in [3.8, 4) is 23.0 Å². The molecule has 1 aliphatic heterocycles. The van der Waals surface area contributed by atoms with Crippen LogP contribution in [0.2, 0.25) is 0 Å². The highest BCUT2D eigenvalue weighted by Gasteiger charge is 2.15. The largest absolute Gasteiger partial charge is 0.493 e. The molecule has 0 aromatic heterocycles. The number of likely N-dealkylation sites (N-methyl/N-ethyl adjacent to an activating group) is 1. The van der Waals surface area contributed by atoms with Crippen LogP contribution < -0.4 is 24.3 Å². The van der Waals surface area contributed by atoms with E-state index in [9.17, 15) is 0 Å². The molecule has 1 aliphatic rings. The fourth-order valence-corrected chi connectivity index (χ4v) is 3.49. The van der Waals surface area contributed by atoms with E-state index in [1.54, 1.807) is 7.11 Å². The molecule has 152 valence electrons. The zero-order valence-corrected chi connectivity index (χ0v) is 18.2. The van der Waals surface area contributed by atoms with Crippen LogP contribution in [0, 0.1) is 0 Å². The molecule has 0 spiro atoms. The molecule has 0 amide bonds. The molecule has 3 rings (SSSR count). The van der Waals surface area contributed by atoms with Gasteiger partial charge in [-0.25, -0.2) is 0 Å². The fraction of sp³-hybridized carbons (Fsp3) is 0.429. The molecule has 6 nitrogen and oxygen atoms in total. The Kier molecular flexibility index (Phi) is 7.42. The van der Waals surface area contributed by atoms with Gasteiger partial charge in [0.2, 0.25) is 0 Å². The first-order valence-electron chi connectivity index (χ1n) is 9.30. The van der Waals surface area contributed by atoms with Gasteiger partial charge >= 0.3 is 0 Å². The lowest BCUT2D eigenvalue weighted by molar-refractivity contribution is 0.171. The molecule has 0 saturated carbocycles. The maximum atomic E-state index is 6.05. The average Bonchev–Trinajstić information content (AvgIpc) is 2.69. The number of nitrogens with zero attached hydrogens (tertiary/aromatic N) is 1. The molecule has 2 aromatic carbocycles. The first kappa shape index (κ1) is 20.8. The topological polar surface area (TPSA) is 52.2 Å². The predicted molar refractivity (Wildman–Crippen MR) is 113 cm³/mol. The van der Waals surface area contributed by atoms with Crippen LogP contribution in [0.15, 0.2) is 34.8 Å². The van der Waals surface area contributed by atoms with E-state index in [0.717, 1.165) is 46.7 Å². The van der Waals surface area contributed by atoms with Crippen molar-refractivity contribution in [2.75, 3.05) is 47.5 Å². The van der Waals surface area contributed by atoms with Crippen LogP contribution in [0.5, 0.6) is 23.0 Å².